The molecule has 156 valence electrons. The summed E-state index contributed by atoms with van der Waals surface area (Å²) in [6.07, 6.45) is 4.42. The lowest BCUT2D eigenvalue weighted by molar-refractivity contribution is -0.534. The molecule has 0 aromatic heterocycles. The summed E-state index contributed by atoms with van der Waals surface area (Å²) in [4.78, 5) is 2.07. The average Bonchev–Trinajstić information content (AvgIpc) is 2.84. The van der Waals surface area contributed by atoms with Gasteiger partial charge in [-0.15, -0.1) is 0 Å². The highest BCUT2D eigenvalue weighted by Crippen LogP contribution is 2.43. The fraction of sp³-hybridized carbons (Fsp3) is 0.409. The van der Waals surface area contributed by atoms with E-state index in [1.807, 2.05) is 42.5 Å². The highest BCUT2D eigenvalue weighted by Gasteiger charge is 2.54. The molecule has 0 saturated heterocycles. The smallest absolute Gasteiger partial charge is 0.275 e. The fourth-order valence-electron chi connectivity index (χ4n) is 4.27. The minimum Gasteiger partial charge on any atom is -1.00 e. The van der Waals surface area contributed by atoms with Crippen LogP contribution in [0.1, 0.15) is 31.2 Å². The second-order valence-corrected chi connectivity index (χ2v) is 8.26. The van der Waals surface area contributed by atoms with Crippen LogP contribution < -0.4 is 31.4 Å². The van der Waals surface area contributed by atoms with Gasteiger partial charge in [0.2, 0.25) is 0 Å². The maximum atomic E-state index is 12.0. The summed E-state index contributed by atoms with van der Waals surface area (Å²) in [6, 6.07) is 13.7. The molecule has 2 aromatic rings. The predicted molar refractivity (Wildman–Crippen MR) is 114 cm³/mol. The monoisotopic (exact) mass is 524 g/mol. The summed E-state index contributed by atoms with van der Waals surface area (Å²) in [5, 5.41) is 12.0. The number of benzene rings is 2. The molecule has 0 spiro atoms. The lowest BCUT2D eigenvalue weighted by Gasteiger charge is -2.30. The van der Waals surface area contributed by atoms with Crippen LogP contribution in [0.4, 0.5) is 5.69 Å². The first kappa shape index (κ1) is 22.1. The van der Waals surface area contributed by atoms with Crippen molar-refractivity contribution < 1.29 is 36.1 Å². The topological polar surface area (TPSA) is 44.9 Å². The van der Waals surface area contributed by atoms with Crippen LogP contribution in [0.15, 0.2) is 46.9 Å². The summed E-state index contributed by atoms with van der Waals surface area (Å²) < 4.78 is 14.4. The Morgan fingerprint density at radius 3 is 2.48 bits per heavy atom. The number of nitrogens with zero attached hydrogens (tertiary/aromatic N) is 2. The zero-order chi connectivity index (χ0) is 19.7. The van der Waals surface area contributed by atoms with Gasteiger partial charge in [0, 0.05) is 22.5 Å². The molecule has 1 N–H and O–H groups in total. The highest BCUT2D eigenvalue weighted by atomic mass is 79.9. The van der Waals surface area contributed by atoms with Gasteiger partial charge in [0.25, 0.3) is 11.6 Å². The van der Waals surface area contributed by atoms with E-state index < -0.39 is 5.72 Å². The first-order chi connectivity index (χ1) is 13.6. The number of amidine groups is 1. The van der Waals surface area contributed by atoms with Crippen molar-refractivity contribution in [2.45, 2.75) is 31.4 Å². The van der Waals surface area contributed by atoms with E-state index in [-0.39, 0.29) is 17.0 Å². The van der Waals surface area contributed by atoms with Gasteiger partial charge >= 0.3 is 0 Å². The van der Waals surface area contributed by atoms with Gasteiger partial charge in [-0.05, 0) is 43.5 Å². The number of hydrogen-bond acceptors (Lipinski definition) is 4. The molecule has 7 heteroatoms. The zero-order valence-corrected chi connectivity index (χ0v) is 19.9. The molecule has 4 rings (SSSR count). The van der Waals surface area contributed by atoms with Crippen molar-refractivity contribution >= 4 is 27.5 Å². The maximum Gasteiger partial charge on any atom is 0.275 e. The van der Waals surface area contributed by atoms with Crippen LogP contribution in [0.25, 0.3) is 0 Å². The van der Waals surface area contributed by atoms with Gasteiger partial charge in [-0.1, -0.05) is 28.1 Å². The molecule has 29 heavy (non-hydrogen) atoms. The Hall–Kier alpha value is -1.57. The van der Waals surface area contributed by atoms with Crippen molar-refractivity contribution in [3.8, 4) is 11.5 Å². The molecule has 0 radical (unpaired) electrons. The molecular weight excluding hydrogens is 500 g/mol. The number of methoxy groups -OCH3 is 2. The number of hydrogen-bond donors (Lipinski definition) is 1. The molecule has 1 atom stereocenters. The lowest BCUT2D eigenvalue weighted by Crippen LogP contribution is -3.00. The van der Waals surface area contributed by atoms with Crippen molar-refractivity contribution in [1.29, 1.82) is 0 Å². The quantitative estimate of drug-likeness (QED) is 0.608. The molecule has 5 nitrogen and oxygen atoms in total. The van der Waals surface area contributed by atoms with E-state index in [0.717, 1.165) is 53.1 Å². The second kappa shape index (κ2) is 9.06. The van der Waals surface area contributed by atoms with E-state index in [1.165, 1.54) is 6.42 Å². The third-order valence-corrected chi connectivity index (χ3v) is 6.20. The minimum atomic E-state index is -1.16. The Balaban J connectivity index is 0.00000240. The third-order valence-electron chi connectivity index (χ3n) is 5.67. The molecule has 0 aliphatic carbocycles. The van der Waals surface area contributed by atoms with Crippen molar-refractivity contribution in [1.82, 2.24) is 0 Å². The standard InChI is InChI=1S/C22H26BrN2O3.BrH/c1-27-18-11-12-19(20(14-18)28-2)25-21-6-4-3-5-13-24(21)15-22(25,26)16-7-9-17(23)10-8-16;/h7-12,14,26H,3-6,13,15H2,1-2H3;1H/q+1;/p-1. The van der Waals surface area contributed by atoms with E-state index >= 15 is 0 Å². The molecular formula is C22H26Br2N2O3. The Labute approximate surface area is 190 Å². The Morgan fingerprint density at radius 1 is 1.03 bits per heavy atom. The van der Waals surface area contributed by atoms with Gasteiger partial charge < -0.3 is 31.6 Å². The highest BCUT2D eigenvalue weighted by molar-refractivity contribution is 9.10. The average molecular weight is 526 g/mol. The van der Waals surface area contributed by atoms with E-state index in [0.29, 0.717) is 12.3 Å². The van der Waals surface area contributed by atoms with Crippen LogP contribution in [0.5, 0.6) is 11.5 Å². The molecule has 0 bridgehead atoms. The number of ether oxygens (including phenoxy) is 2. The lowest BCUT2D eigenvalue weighted by atomic mass is 9.99. The number of anilines is 1. The van der Waals surface area contributed by atoms with Gasteiger partial charge in [-0.3, -0.25) is 4.58 Å². The first-order valence-corrected chi connectivity index (χ1v) is 10.5. The number of halogens is 2. The van der Waals surface area contributed by atoms with Gasteiger partial charge in [0.05, 0.1) is 20.8 Å². The molecule has 2 aliphatic rings. The van der Waals surface area contributed by atoms with Crippen LogP contribution in [0.3, 0.4) is 0 Å². The fourth-order valence-corrected chi connectivity index (χ4v) is 4.53. The Kier molecular flexibility index (Phi) is 6.91. The van der Waals surface area contributed by atoms with Crippen molar-refractivity contribution in [2.24, 2.45) is 0 Å². The Morgan fingerprint density at radius 2 is 1.79 bits per heavy atom. The van der Waals surface area contributed by atoms with Gasteiger partial charge in [0.15, 0.2) is 18.0 Å². The van der Waals surface area contributed by atoms with Crippen LogP contribution in [-0.2, 0) is 5.72 Å². The van der Waals surface area contributed by atoms with Crippen LogP contribution >= 0.6 is 15.9 Å². The van der Waals surface area contributed by atoms with Crippen LogP contribution in [-0.4, -0.2) is 42.8 Å². The third kappa shape index (κ3) is 4.05. The summed E-state index contributed by atoms with van der Waals surface area (Å²) in [5.74, 6) is 2.58. The molecule has 0 saturated carbocycles. The molecule has 2 aliphatic heterocycles. The minimum absolute atomic E-state index is 0. The van der Waals surface area contributed by atoms with Crippen molar-refractivity contribution in [3.63, 3.8) is 0 Å². The second-order valence-electron chi connectivity index (χ2n) is 7.35. The van der Waals surface area contributed by atoms with E-state index in [1.54, 1.807) is 14.2 Å². The molecule has 0 fully saturated rings. The summed E-state index contributed by atoms with van der Waals surface area (Å²) in [7, 11) is 3.30. The number of aliphatic hydroxyl groups is 1. The van der Waals surface area contributed by atoms with Crippen LogP contribution in [0, 0.1) is 0 Å². The molecule has 1 unspecified atom stereocenters. The SMILES string of the molecule is COc1ccc(N2C3=[N+](CCCCC3)CC2(O)c2ccc(Br)cc2)c(OC)c1.[Br-]. The van der Waals surface area contributed by atoms with E-state index in [9.17, 15) is 5.11 Å². The zero-order valence-electron chi connectivity index (χ0n) is 16.7. The molecule has 2 aromatic carbocycles. The number of rotatable bonds is 4. The molecule has 0 amide bonds. The largest absolute Gasteiger partial charge is 1.00 e. The Bertz CT molecular complexity index is 901. The van der Waals surface area contributed by atoms with E-state index in [4.69, 9.17) is 9.47 Å². The van der Waals surface area contributed by atoms with Crippen molar-refractivity contribution in [2.75, 3.05) is 32.2 Å². The first-order valence-electron chi connectivity index (χ1n) is 9.68. The maximum absolute atomic E-state index is 12.0. The van der Waals surface area contributed by atoms with Gasteiger partial charge in [-0.2, -0.15) is 4.90 Å². The van der Waals surface area contributed by atoms with Gasteiger partial charge in [0.1, 0.15) is 5.75 Å². The van der Waals surface area contributed by atoms with E-state index in [2.05, 4.69) is 25.4 Å². The predicted octanol–water partition coefficient (Wildman–Crippen LogP) is 1.12. The summed E-state index contributed by atoms with van der Waals surface area (Å²) >= 11 is 3.50. The summed E-state index contributed by atoms with van der Waals surface area (Å²) in [6.45, 7) is 1.50. The normalized spacial score (nSPS) is 21.3. The van der Waals surface area contributed by atoms with Crippen LogP contribution in [0.2, 0.25) is 0 Å². The van der Waals surface area contributed by atoms with Gasteiger partial charge in [-0.25, -0.2) is 0 Å². The molecule has 2 heterocycles. The summed E-state index contributed by atoms with van der Waals surface area (Å²) in [5.41, 5.74) is 0.567. The van der Waals surface area contributed by atoms with Crippen molar-refractivity contribution in [3.05, 3.63) is 52.5 Å².